The lowest BCUT2D eigenvalue weighted by Gasteiger charge is -2.34. The van der Waals surface area contributed by atoms with Crippen molar-refractivity contribution in [2.75, 3.05) is 13.1 Å². The average Bonchev–Trinajstić information content (AvgIpc) is 3.15. The summed E-state index contributed by atoms with van der Waals surface area (Å²) in [6.07, 6.45) is 6.18. The Morgan fingerprint density at radius 2 is 1.34 bits per heavy atom. The van der Waals surface area contributed by atoms with Crippen molar-refractivity contribution in [2.24, 2.45) is 0 Å². The van der Waals surface area contributed by atoms with Crippen LogP contribution < -0.4 is 0 Å². The number of ether oxygens (including phenoxy) is 2. The summed E-state index contributed by atoms with van der Waals surface area (Å²) in [5, 5.41) is 11.3. The molecule has 176 valence electrons. The van der Waals surface area contributed by atoms with Gasteiger partial charge >= 0.3 is 0 Å². The standard InChI is InChI=1S/C28H41NO3/c1-3-5-6-7-14-19-29(4-2)27-25(31-21-23-15-10-8-11-16-23)20-26(28(27)30)32-22-24-17-12-9-13-18-24/h8-13,15-18,25-28,30H,3-7,14,19-22H2,1-2H3. The largest absolute Gasteiger partial charge is 0.389 e. The van der Waals surface area contributed by atoms with Gasteiger partial charge in [0.25, 0.3) is 0 Å². The lowest BCUT2D eigenvalue weighted by atomic mass is 10.1. The van der Waals surface area contributed by atoms with Crippen molar-refractivity contribution in [3.8, 4) is 0 Å². The number of hydrogen-bond donors (Lipinski definition) is 1. The first-order valence-corrected chi connectivity index (χ1v) is 12.5. The number of nitrogens with zero attached hydrogens (tertiary/aromatic N) is 1. The second kappa shape index (κ2) is 13.7. The molecule has 0 bridgehead atoms. The number of rotatable bonds is 14. The lowest BCUT2D eigenvalue weighted by molar-refractivity contribution is -0.0576. The molecule has 0 spiro atoms. The molecular weight excluding hydrogens is 398 g/mol. The predicted octanol–water partition coefficient (Wildman–Crippen LogP) is 5.58. The van der Waals surface area contributed by atoms with Crippen LogP contribution in [-0.4, -0.2) is 47.4 Å². The highest BCUT2D eigenvalue weighted by Crippen LogP contribution is 2.31. The van der Waals surface area contributed by atoms with Crippen LogP contribution in [0.1, 0.15) is 63.5 Å². The molecule has 0 aliphatic heterocycles. The Kier molecular flexibility index (Phi) is 10.7. The van der Waals surface area contributed by atoms with Crippen LogP contribution in [0.4, 0.5) is 0 Å². The van der Waals surface area contributed by atoms with Gasteiger partial charge in [-0.1, -0.05) is 100 Å². The summed E-state index contributed by atoms with van der Waals surface area (Å²) < 4.78 is 12.6. The molecule has 4 unspecified atom stereocenters. The molecule has 4 heteroatoms. The fraction of sp³-hybridized carbons (Fsp3) is 0.571. The van der Waals surface area contributed by atoms with Gasteiger partial charge in [0.2, 0.25) is 0 Å². The van der Waals surface area contributed by atoms with Gasteiger partial charge in [-0.15, -0.1) is 0 Å². The molecule has 1 fully saturated rings. The molecule has 0 aromatic heterocycles. The molecule has 3 rings (SSSR count). The number of unbranched alkanes of at least 4 members (excludes halogenated alkanes) is 4. The normalized spacial score (nSPS) is 23.1. The molecule has 1 aliphatic rings. The van der Waals surface area contributed by atoms with E-state index in [0.29, 0.717) is 13.2 Å². The maximum atomic E-state index is 11.3. The molecule has 4 atom stereocenters. The third kappa shape index (κ3) is 7.41. The van der Waals surface area contributed by atoms with Crippen LogP contribution in [0.15, 0.2) is 60.7 Å². The van der Waals surface area contributed by atoms with Gasteiger partial charge in [-0.2, -0.15) is 0 Å². The van der Waals surface area contributed by atoms with Gasteiger partial charge in [-0.05, 0) is 30.6 Å². The summed E-state index contributed by atoms with van der Waals surface area (Å²) in [6.45, 7) is 7.42. The van der Waals surface area contributed by atoms with Gasteiger partial charge in [0.1, 0.15) is 0 Å². The SMILES string of the molecule is CCCCCCCN(CC)C1C(OCc2ccccc2)CC(OCc2ccccc2)C1O. The maximum Gasteiger partial charge on any atom is 0.0982 e. The summed E-state index contributed by atoms with van der Waals surface area (Å²) >= 11 is 0. The Hall–Kier alpha value is -1.72. The van der Waals surface area contributed by atoms with Crippen LogP contribution >= 0.6 is 0 Å². The van der Waals surface area contributed by atoms with E-state index in [-0.39, 0.29) is 18.2 Å². The van der Waals surface area contributed by atoms with E-state index in [9.17, 15) is 5.11 Å². The molecule has 2 aromatic rings. The highest BCUT2D eigenvalue weighted by Gasteiger charge is 2.46. The van der Waals surface area contributed by atoms with Crippen molar-refractivity contribution in [1.82, 2.24) is 4.90 Å². The summed E-state index contributed by atoms with van der Waals surface area (Å²) in [6, 6.07) is 20.5. The van der Waals surface area contributed by atoms with E-state index in [1.807, 2.05) is 36.4 Å². The summed E-state index contributed by atoms with van der Waals surface area (Å²) in [5.74, 6) is 0. The minimum atomic E-state index is -0.546. The van der Waals surface area contributed by atoms with Crippen molar-refractivity contribution in [2.45, 2.75) is 89.9 Å². The second-order valence-corrected chi connectivity index (χ2v) is 8.93. The first-order valence-electron chi connectivity index (χ1n) is 12.5. The van der Waals surface area contributed by atoms with Gasteiger partial charge < -0.3 is 14.6 Å². The second-order valence-electron chi connectivity index (χ2n) is 8.93. The molecular formula is C28H41NO3. The molecule has 1 saturated carbocycles. The van der Waals surface area contributed by atoms with Gasteiger partial charge in [-0.25, -0.2) is 0 Å². The average molecular weight is 440 g/mol. The smallest absolute Gasteiger partial charge is 0.0982 e. The van der Waals surface area contributed by atoms with Crippen molar-refractivity contribution >= 4 is 0 Å². The molecule has 4 nitrogen and oxygen atoms in total. The molecule has 2 aromatic carbocycles. The van der Waals surface area contributed by atoms with Gasteiger partial charge in [0, 0.05) is 6.42 Å². The van der Waals surface area contributed by atoms with Gasteiger partial charge in [0.15, 0.2) is 0 Å². The number of aliphatic hydroxyl groups excluding tert-OH is 1. The van der Waals surface area contributed by atoms with Crippen molar-refractivity contribution in [3.05, 3.63) is 71.8 Å². The molecule has 0 amide bonds. The minimum absolute atomic E-state index is 0.0318. The zero-order valence-electron chi connectivity index (χ0n) is 19.9. The Morgan fingerprint density at radius 3 is 1.91 bits per heavy atom. The van der Waals surface area contributed by atoms with Crippen LogP contribution in [-0.2, 0) is 22.7 Å². The number of benzene rings is 2. The van der Waals surface area contributed by atoms with E-state index in [2.05, 4.69) is 43.0 Å². The molecule has 1 aliphatic carbocycles. The van der Waals surface area contributed by atoms with Gasteiger partial charge in [-0.3, -0.25) is 4.90 Å². The monoisotopic (exact) mass is 439 g/mol. The van der Waals surface area contributed by atoms with Gasteiger partial charge in [0.05, 0.1) is 37.6 Å². The van der Waals surface area contributed by atoms with E-state index < -0.39 is 6.10 Å². The van der Waals surface area contributed by atoms with E-state index >= 15 is 0 Å². The minimum Gasteiger partial charge on any atom is -0.389 e. The zero-order valence-corrected chi connectivity index (χ0v) is 19.9. The Morgan fingerprint density at radius 1 is 0.781 bits per heavy atom. The van der Waals surface area contributed by atoms with E-state index in [1.54, 1.807) is 0 Å². The van der Waals surface area contributed by atoms with Crippen LogP contribution in [0.25, 0.3) is 0 Å². The Labute approximate surface area is 194 Å². The van der Waals surface area contributed by atoms with Crippen molar-refractivity contribution < 1.29 is 14.6 Å². The van der Waals surface area contributed by atoms with Crippen LogP contribution in [0.3, 0.4) is 0 Å². The quantitative estimate of drug-likeness (QED) is 0.390. The zero-order chi connectivity index (χ0) is 22.6. The summed E-state index contributed by atoms with van der Waals surface area (Å²) in [5.41, 5.74) is 2.30. The molecule has 0 radical (unpaired) electrons. The topological polar surface area (TPSA) is 41.9 Å². The summed E-state index contributed by atoms with van der Waals surface area (Å²) in [4.78, 5) is 2.41. The first-order chi connectivity index (χ1) is 15.7. The molecule has 0 heterocycles. The maximum absolute atomic E-state index is 11.3. The third-order valence-electron chi connectivity index (χ3n) is 6.57. The van der Waals surface area contributed by atoms with Crippen LogP contribution in [0, 0.1) is 0 Å². The van der Waals surface area contributed by atoms with E-state index in [0.717, 1.165) is 37.1 Å². The molecule has 1 N–H and O–H groups in total. The highest BCUT2D eigenvalue weighted by molar-refractivity contribution is 5.14. The Bertz CT molecular complexity index is 739. The highest BCUT2D eigenvalue weighted by atomic mass is 16.5. The number of likely N-dealkylation sites (N-methyl/N-ethyl adjacent to an activating group) is 1. The van der Waals surface area contributed by atoms with Crippen LogP contribution in [0.5, 0.6) is 0 Å². The molecule has 32 heavy (non-hydrogen) atoms. The van der Waals surface area contributed by atoms with E-state index in [1.165, 1.54) is 25.7 Å². The lowest BCUT2D eigenvalue weighted by Crippen LogP contribution is -2.49. The van der Waals surface area contributed by atoms with E-state index in [4.69, 9.17) is 9.47 Å². The third-order valence-corrected chi connectivity index (χ3v) is 6.57. The Balaban J connectivity index is 1.63. The molecule has 0 saturated heterocycles. The fourth-order valence-electron chi connectivity index (χ4n) is 4.72. The first kappa shape index (κ1) is 24.9. The van der Waals surface area contributed by atoms with Crippen molar-refractivity contribution in [3.63, 3.8) is 0 Å². The number of hydrogen-bond acceptors (Lipinski definition) is 4. The van der Waals surface area contributed by atoms with Crippen LogP contribution in [0.2, 0.25) is 0 Å². The van der Waals surface area contributed by atoms with Crippen molar-refractivity contribution in [1.29, 1.82) is 0 Å². The fourth-order valence-corrected chi connectivity index (χ4v) is 4.72. The number of aliphatic hydroxyl groups is 1. The summed E-state index contributed by atoms with van der Waals surface area (Å²) in [7, 11) is 0. The predicted molar refractivity (Wildman–Crippen MR) is 130 cm³/mol.